The van der Waals surface area contributed by atoms with E-state index in [2.05, 4.69) is 4.98 Å². The van der Waals surface area contributed by atoms with Crippen LogP contribution in [0.5, 0.6) is 0 Å². The van der Waals surface area contributed by atoms with Crippen molar-refractivity contribution in [3.05, 3.63) is 56.0 Å². The highest BCUT2D eigenvalue weighted by Gasteiger charge is 2.18. The first-order valence-electron chi connectivity index (χ1n) is 5.40. The number of hydrogen-bond donors (Lipinski definition) is 1. The lowest BCUT2D eigenvalue weighted by Crippen LogP contribution is -2.02. The summed E-state index contributed by atoms with van der Waals surface area (Å²) in [5, 5.41) is 21.8. The van der Waals surface area contributed by atoms with Crippen LogP contribution in [0.2, 0.25) is 0 Å². The Bertz CT molecular complexity index is 568. The smallest absolute Gasteiger partial charge is 0.272 e. The average molecular weight is 264 g/mol. The zero-order valence-electron chi connectivity index (χ0n) is 9.74. The van der Waals surface area contributed by atoms with Crippen molar-refractivity contribution >= 4 is 17.0 Å². The molecule has 18 heavy (non-hydrogen) atoms. The van der Waals surface area contributed by atoms with Gasteiger partial charge < -0.3 is 5.11 Å². The summed E-state index contributed by atoms with van der Waals surface area (Å²) in [5.41, 5.74) is 0.568. The first-order chi connectivity index (χ1) is 8.58. The molecular weight excluding hydrogens is 252 g/mol. The summed E-state index contributed by atoms with van der Waals surface area (Å²) in [6.07, 6.45) is 1.08. The van der Waals surface area contributed by atoms with Crippen molar-refractivity contribution in [1.29, 1.82) is 0 Å². The van der Waals surface area contributed by atoms with Gasteiger partial charge >= 0.3 is 0 Å². The van der Waals surface area contributed by atoms with Crippen LogP contribution in [0, 0.1) is 17.0 Å². The zero-order valence-corrected chi connectivity index (χ0v) is 10.6. The second-order valence-corrected chi connectivity index (χ2v) is 5.15. The third-order valence-electron chi connectivity index (χ3n) is 2.57. The Morgan fingerprint density at radius 1 is 1.50 bits per heavy atom. The van der Waals surface area contributed by atoms with Crippen LogP contribution in [0.1, 0.15) is 21.6 Å². The Hall–Kier alpha value is -1.79. The van der Waals surface area contributed by atoms with Gasteiger partial charge in [0.15, 0.2) is 0 Å². The van der Waals surface area contributed by atoms with Crippen molar-refractivity contribution in [2.75, 3.05) is 0 Å². The van der Waals surface area contributed by atoms with E-state index in [9.17, 15) is 15.2 Å². The van der Waals surface area contributed by atoms with E-state index in [0.717, 1.165) is 9.88 Å². The van der Waals surface area contributed by atoms with Gasteiger partial charge in [0.2, 0.25) is 0 Å². The number of hydrogen-bond acceptors (Lipinski definition) is 5. The molecule has 1 aromatic carbocycles. The van der Waals surface area contributed by atoms with Gasteiger partial charge in [0.05, 0.1) is 20.9 Å². The third kappa shape index (κ3) is 2.72. The molecule has 1 heterocycles. The van der Waals surface area contributed by atoms with E-state index in [1.807, 2.05) is 6.92 Å². The molecular formula is C12H12N2O3S. The molecule has 2 aromatic rings. The minimum Gasteiger partial charge on any atom is -0.387 e. The van der Waals surface area contributed by atoms with E-state index < -0.39 is 11.0 Å². The summed E-state index contributed by atoms with van der Waals surface area (Å²) in [4.78, 5) is 15.2. The summed E-state index contributed by atoms with van der Waals surface area (Å²) >= 11 is 1.40. The maximum Gasteiger partial charge on any atom is 0.272 e. The second-order valence-electron chi connectivity index (χ2n) is 3.89. The summed E-state index contributed by atoms with van der Waals surface area (Å²) in [5.74, 6) is 0. The topological polar surface area (TPSA) is 76.3 Å². The first-order valence-corrected chi connectivity index (χ1v) is 6.22. The van der Waals surface area contributed by atoms with E-state index in [-0.39, 0.29) is 12.1 Å². The van der Waals surface area contributed by atoms with Crippen molar-refractivity contribution in [2.24, 2.45) is 0 Å². The number of para-hydroxylation sites is 1. The number of aryl methyl sites for hydroxylation is 1. The zero-order chi connectivity index (χ0) is 13.1. The van der Waals surface area contributed by atoms with E-state index in [1.165, 1.54) is 17.4 Å². The Kier molecular flexibility index (Phi) is 3.69. The highest BCUT2D eigenvalue weighted by molar-refractivity contribution is 7.11. The highest BCUT2D eigenvalue weighted by Crippen LogP contribution is 2.27. The molecule has 1 N–H and O–H groups in total. The third-order valence-corrected chi connectivity index (χ3v) is 3.58. The molecule has 94 valence electrons. The minimum absolute atomic E-state index is 0.0396. The van der Waals surface area contributed by atoms with Gasteiger partial charge in [-0.25, -0.2) is 4.98 Å². The van der Waals surface area contributed by atoms with Crippen LogP contribution in [0.4, 0.5) is 5.69 Å². The number of benzene rings is 1. The fourth-order valence-corrected chi connectivity index (χ4v) is 2.47. The number of rotatable bonds is 4. The molecule has 1 unspecified atom stereocenters. The normalized spacial score (nSPS) is 12.3. The molecule has 0 radical (unpaired) electrons. The molecule has 0 aliphatic carbocycles. The predicted octanol–water partition coefficient (Wildman–Crippen LogP) is 2.64. The predicted molar refractivity (Wildman–Crippen MR) is 68.6 cm³/mol. The van der Waals surface area contributed by atoms with E-state index in [4.69, 9.17) is 0 Å². The summed E-state index contributed by atoms with van der Waals surface area (Å²) < 4.78 is 0. The number of nitrogens with zero attached hydrogens (tertiary/aromatic N) is 2. The van der Waals surface area contributed by atoms with Crippen LogP contribution in [-0.4, -0.2) is 15.0 Å². The molecule has 0 amide bonds. The SMILES string of the molecule is Cc1ncc(C(O)Cc2ccccc2[N+](=O)[O-])s1. The molecule has 6 heteroatoms. The number of nitro groups is 1. The summed E-state index contributed by atoms with van der Waals surface area (Å²) in [7, 11) is 0. The van der Waals surface area contributed by atoms with Crippen LogP contribution in [0.15, 0.2) is 30.5 Å². The summed E-state index contributed by atoms with van der Waals surface area (Å²) in [6, 6.07) is 6.45. The Morgan fingerprint density at radius 2 is 2.22 bits per heavy atom. The number of thiazole rings is 1. The van der Waals surface area contributed by atoms with Gasteiger partial charge in [0.1, 0.15) is 0 Å². The number of aliphatic hydroxyl groups is 1. The molecule has 0 fully saturated rings. The maximum atomic E-state index is 10.9. The number of nitro benzene ring substituents is 1. The molecule has 5 nitrogen and oxygen atoms in total. The van der Waals surface area contributed by atoms with Crippen molar-refractivity contribution in [3.8, 4) is 0 Å². The van der Waals surface area contributed by atoms with Gasteiger partial charge in [0.25, 0.3) is 5.69 Å². The molecule has 2 rings (SSSR count). The second kappa shape index (κ2) is 5.24. The fourth-order valence-electron chi connectivity index (χ4n) is 1.70. The maximum absolute atomic E-state index is 10.9. The molecule has 0 aliphatic heterocycles. The molecule has 1 aromatic heterocycles. The fraction of sp³-hybridized carbons (Fsp3) is 0.250. The van der Waals surface area contributed by atoms with Crippen LogP contribution in [0.3, 0.4) is 0 Å². The quantitative estimate of drug-likeness (QED) is 0.680. The highest BCUT2D eigenvalue weighted by atomic mass is 32.1. The number of aromatic nitrogens is 1. The molecule has 0 aliphatic rings. The van der Waals surface area contributed by atoms with Crippen LogP contribution in [-0.2, 0) is 6.42 Å². The van der Waals surface area contributed by atoms with Crippen molar-refractivity contribution in [1.82, 2.24) is 4.98 Å². The Labute approximate surface area is 108 Å². The van der Waals surface area contributed by atoms with Gasteiger partial charge in [-0.15, -0.1) is 11.3 Å². The van der Waals surface area contributed by atoms with Gasteiger partial charge in [-0.2, -0.15) is 0 Å². The van der Waals surface area contributed by atoms with Gasteiger partial charge in [-0.1, -0.05) is 18.2 Å². The molecule has 1 atom stereocenters. The Balaban J connectivity index is 2.21. The van der Waals surface area contributed by atoms with Crippen molar-refractivity contribution in [3.63, 3.8) is 0 Å². The largest absolute Gasteiger partial charge is 0.387 e. The van der Waals surface area contributed by atoms with Crippen LogP contribution >= 0.6 is 11.3 Å². The lowest BCUT2D eigenvalue weighted by molar-refractivity contribution is -0.385. The minimum atomic E-state index is -0.752. The average Bonchev–Trinajstić information content (AvgIpc) is 2.76. The van der Waals surface area contributed by atoms with E-state index in [1.54, 1.807) is 24.4 Å². The Morgan fingerprint density at radius 3 is 2.83 bits per heavy atom. The first kappa shape index (κ1) is 12.7. The van der Waals surface area contributed by atoms with Crippen LogP contribution in [0.25, 0.3) is 0 Å². The standard InChI is InChI=1S/C12H12N2O3S/c1-8-13-7-12(18-8)11(15)6-9-4-2-3-5-10(9)14(16)17/h2-5,7,11,15H,6H2,1H3. The van der Waals surface area contributed by atoms with Crippen molar-refractivity contribution < 1.29 is 10.0 Å². The monoisotopic (exact) mass is 264 g/mol. The number of aliphatic hydroxyl groups excluding tert-OH is 1. The molecule has 0 saturated heterocycles. The summed E-state index contributed by atoms with van der Waals surface area (Å²) in [6.45, 7) is 1.85. The lowest BCUT2D eigenvalue weighted by Gasteiger charge is -2.08. The van der Waals surface area contributed by atoms with Gasteiger partial charge in [-0.3, -0.25) is 10.1 Å². The van der Waals surface area contributed by atoms with Crippen molar-refractivity contribution in [2.45, 2.75) is 19.4 Å². The van der Waals surface area contributed by atoms with Gasteiger partial charge in [0, 0.05) is 24.2 Å². The van der Waals surface area contributed by atoms with Crippen LogP contribution < -0.4 is 0 Å². The van der Waals surface area contributed by atoms with E-state index in [0.29, 0.717) is 5.56 Å². The molecule has 0 bridgehead atoms. The van der Waals surface area contributed by atoms with E-state index >= 15 is 0 Å². The lowest BCUT2D eigenvalue weighted by atomic mass is 10.1. The molecule has 0 saturated carbocycles. The van der Waals surface area contributed by atoms with Gasteiger partial charge in [-0.05, 0) is 6.92 Å². The molecule has 0 spiro atoms.